The van der Waals surface area contributed by atoms with Gasteiger partial charge in [0.15, 0.2) is 12.6 Å². The van der Waals surface area contributed by atoms with Gasteiger partial charge >= 0.3 is 0 Å². The average molecular weight is 241 g/mol. The molecule has 2 rings (SSSR count). The number of hydrogen-bond acceptors (Lipinski definition) is 2. The Kier molecular flexibility index (Phi) is 4.47. The first-order chi connectivity index (χ1) is 7.23. The van der Waals surface area contributed by atoms with Crippen molar-refractivity contribution in [2.75, 3.05) is 13.1 Å². The molecule has 0 spiro atoms. The Bertz CT molecular complexity index is 353. The number of quaternary nitrogens is 1. The van der Waals surface area contributed by atoms with Gasteiger partial charge in [-0.3, -0.25) is 4.48 Å². The van der Waals surface area contributed by atoms with E-state index in [-0.39, 0.29) is 12.4 Å². The van der Waals surface area contributed by atoms with Crippen molar-refractivity contribution in [2.45, 2.75) is 19.7 Å². The predicted octanol–water partition coefficient (Wildman–Crippen LogP) is -1.61. The van der Waals surface area contributed by atoms with Gasteiger partial charge in [-0.05, 0) is 0 Å². The van der Waals surface area contributed by atoms with E-state index in [1.807, 2.05) is 31.5 Å². The molecule has 1 aromatic rings. The molecule has 1 N–H and O–H groups in total. The standard InChI is InChI=1S/C12H17N2O.ClH/c1-11(15)14(8-7-13-10-14)9-12-5-3-2-4-6-12;/h2-6,10-11,15H,7-9H2,1H3;1H/q+1;/p-1. The molecular weight excluding hydrogens is 224 g/mol. The highest BCUT2D eigenvalue weighted by Gasteiger charge is 2.34. The summed E-state index contributed by atoms with van der Waals surface area (Å²) in [6.07, 6.45) is 1.49. The first kappa shape index (κ1) is 13.2. The monoisotopic (exact) mass is 240 g/mol. The second-order valence-electron chi connectivity index (χ2n) is 4.12. The molecule has 0 aromatic heterocycles. The Hall–Kier alpha value is -0.900. The first-order valence-electron chi connectivity index (χ1n) is 5.32. The van der Waals surface area contributed by atoms with E-state index in [9.17, 15) is 5.11 Å². The van der Waals surface area contributed by atoms with E-state index in [1.165, 1.54) is 5.56 Å². The van der Waals surface area contributed by atoms with E-state index in [0.717, 1.165) is 19.6 Å². The van der Waals surface area contributed by atoms with Gasteiger partial charge in [-0.25, -0.2) is 4.99 Å². The first-order valence-corrected chi connectivity index (χ1v) is 5.32. The molecule has 0 amide bonds. The maximum absolute atomic E-state index is 9.84. The molecule has 16 heavy (non-hydrogen) atoms. The van der Waals surface area contributed by atoms with Crippen molar-refractivity contribution in [3.8, 4) is 0 Å². The van der Waals surface area contributed by atoms with E-state index in [4.69, 9.17) is 0 Å². The van der Waals surface area contributed by atoms with Crippen LogP contribution in [-0.4, -0.2) is 35.2 Å². The molecule has 1 aliphatic heterocycles. The Morgan fingerprint density at radius 1 is 1.38 bits per heavy atom. The molecule has 0 bridgehead atoms. The third-order valence-electron chi connectivity index (χ3n) is 3.02. The lowest BCUT2D eigenvalue weighted by Gasteiger charge is -2.33. The van der Waals surface area contributed by atoms with Crippen molar-refractivity contribution in [3.63, 3.8) is 0 Å². The molecule has 0 saturated heterocycles. The van der Waals surface area contributed by atoms with E-state index in [1.54, 1.807) is 0 Å². The van der Waals surface area contributed by atoms with Crippen molar-refractivity contribution < 1.29 is 22.0 Å². The van der Waals surface area contributed by atoms with Gasteiger partial charge in [-0.15, -0.1) is 0 Å². The van der Waals surface area contributed by atoms with Crippen LogP contribution < -0.4 is 12.4 Å². The smallest absolute Gasteiger partial charge is 0.193 e. The average Bonchev–Trinajstić information content (AvgIpc) is 2.69. The summed E-state index contributed by atoms with van der Waals surface area (Å²) in [5, 5.41) is 9.84. The highest BCUT2D eigenvalue weighted by Crippen LogP contribution is 2.19. The van der Waals surface area contributed by atoms with Gasteiger partial charge in [0.1, 0.15) is 13.1 Å². The maximum atomic E-state index is 9.84. The van der Waals surface area contributed by atoms with Crippen LogP contribution in [0.15, 0.2) is 35.3 Å². The SMILES string of the molecule is CC(O)[N+]1(Cc2ccccc2)C=NCC1.[Cl-]. The molecule has 0 radical (unpaired) electrons. The summed E-state index contributed by atoms with van der Waals surface area (Å²) in [5.41, 5.74) is 1.24. The topological polar surface area (TPSA) is 32.6 Å². The summed E-state index contributed by atoms with van der Waals surface area (Å²) in [6, 6.07) is 10.2. The fraction of sp³-hybridized carbons (Fsp3) is 0.417. The van der Waals surface area contributed by atoms with Crippen molar-refractivity contribution in [1.29, 1.82) is 0 Å². The number of aliphatic hydroxyl groups excluding tert-OH is 1. The minimum absolute atomic E-state index is 0. The summed E-state index contributed by atoms with van der Waals surface area (Å²) < 4.78 is 0.560. The number of halogens is 1. The molecule has 0 saturated carbocycles. The molecule has 88 valence electrons. The van der Waals surface area contributed by atoms with Crippen LogP contribution in [0.5, 0.6) is 0 Å². The molecule has 4 heteroatoms. The van der Waals surface area contributed by atoms with Gasteiger partial charge < -0.3 is 17.5 Å². The van der Waals surface area contributed by atoms with Crippen molar-refractivity contribution >= 4 is 6.34 Å². The normalized spacial score (nSPS) is 25.1. The van der Waals surface area contributed by atoms with Gasteiger partial charge in [0.25, 0.3) is 0 Å². The number of nitrogens with zero attached hydrogens (tertiary/aromatic N) is 2. The van der Waals surface area contributed by atoms with E-state index < -0.39 is 6.23 Å². The summed E-state index contributed by atoms with van der Waals surface area (Å²) in [7, 11) is 0. The lowest BCUT2D eigenvalue weighted by atomic mass is 10.2. The Labute approximate surface area is 102 Å². The summed E-state index contributed by atoms with van der Waals surface area (Å²) >= 11 is 0. The highest BCUT2D eigenvalue weighted by atomic mass is 35.5. The third kappa shape index (κ3) is 2.61. The highest BCUT2D eigenvalue weighted by molar-refractivity contribution is 5.48. The lowest BCUT2D eigenvalue weighted by Crippen LogP contribution is -3.00. The molecule has 2 atom stereocenters. The number of benzene rings is 1. The van der Waals surface area contributed by atoms with Crippen molar-refractivity contribution in [3.05, 3.63) is 35.9 Å². The van der Waals surface area contributed by atoms with Crippen molar-refractivity contribution in [1.82, 2.24) is 0 Å². The van der Waals surface area contributed by atoms with Crippen LogP contribution in [0.1, 0.15) is 12.5 Å². The van der Waals surface area contributed by atoms with Gasteiger partial charge in [0, 0.05) is 12.5 Å². The fourth-order valence-corrected chi connectivity index (χ4v) is 1.98. The minimum Gasteiger partial charge on any atom is -1.00 e. The number of aliphatic hydroxyl groups is 1. The second kappa shape index (κ2) is 5.43. The fourth-order valence-electron chi connectivity index (χ4n) is 1.98. The van der Waals surface area contributed by atoms with Crippen LogP contribution in [0.4, 0.5) is 0 Å². The lowest BCUT2D eigenvalue weighted by molar-refractivity contribution is -0.889. The van der Waals surface area contributed by atoms with Crippen LogP contribution in [0.25, 0.3) is 0 Å². The molecule has 1 aromatic carbocycles. The maximum Gasteiger partial charge on any atom is 0.193 e. The minimum atomic E-state index is -0.392. The Balaban J connectivity index is 0.00000128. The molecule has 1 heterocycles. The number of aliphatic imine (C=N–C) groups is 1. The Morgan fingerprint density at radius 2 is 2.06 bits per heavy atom. The van der Waals surface area contributed by atoms with Crippen molar-refractivity contribution in [2.24, 2.45) is 4.99 Å². The van der Waals surface area contributed by atoms with E-state index >= 15 is 0 Å². The van der Waals surface area contributed by atoms with Crippen LogP contribution >= 0.6 is 0 Å². The molecule has 3 nitrogen and oxygen atoms in total. The third-order valence-corrected chi connectivity index (χ3v) is 3.02. The largest absolute Gasteiger partial charge is 1.00 e. The summed E-state index contributed by atoms with van der Waals surface area (Å²) in [5.74, 6) is 0. The zero-order valence-electron chi connectivity index (χ0n) is 9.38. The summed E-state index contributed by atoms with van der Waals surface area (Å²) in [6.45, 7) is 4.37. The zero-order valence-corrected chi connectivity index (χ0v) is 10.1. The van der Waals surface area contributed by atoms with Crippen LogP contribution in [0.2, 0.25) is 0 Å². The van der Waals surface area contributed by atoms with E-state index in [0.29, 0.717) is 4.48 Å². The molecule has 2 unspecified atom stereocenters. The van der Waals surface area contributed by atoms with Gasteiger partial charge in [0.2, 0.25) is 0 Å². The molecule has 0 aliphatic carbocycles. The van der Waals surface area contributed by atoms with Crippen LogP contribution in [-0.2, 0) is 6.54 Å². The second-order valence-corrected chi connectivity index (χ2v) is 4.12. The van der Waals surface area contributed by atoms with Crippen LogP contribution in [0.3, 0.4) is 0 Å². The zero-order chi connectivity index (χ0) is 10.7. The predicted molar refractivity (Wildman–Crippen MR) is 60.3 cm³/mol. The van der Waals surface area contributed by atoms with Crippen LogP contribution in [0, 0.1) is 0 Å². The van der Waals surface area contributed by atoms with Gasteiger partial charge in [0.05, 0.1) is 6.54 Å². The Morgan fingerprint density at radius 3 is 2.56 bits per heavy atom. The van der Waals surface area contributed by atoms with Gasteiger partial charge in [-0.2, -0.15) is 0 Å². The number of hydrogen-bond donors (Lipinski definition) is 1. The number of rotatable bonds is 3. The van der Waals surface area contributed by atoms with E-state index in [2.05, 4.69) is 17.1 Å². The molecular formula is C12H17ClN2O. The molecule has 1 aliphatic rings. The quantitative estimate of drug-likeness (QED) is 0.634. The molecule has 0 fully saturated rings. The van der Waals surface area contributed by atoms with Gasteiger partial charge in [-0.1, -0.05) is 30.3 Å². The summed E-state index contributed by atoms with van der Waals surface area (Å²) in [4.78, 5) is 4.24.